The first-order chi connectivity index (χ1) is 28.8. The Labute approximate surface area is 361 Å². The zero-order valence-electron chi connectivity index (χ0n) is 31.1. The molecule has 14 heteroatoms. The Hall–Kier alpha value is -4.05. The molecule has 8 heterocycles. The van der Waals surface area contributed by atoms with Crippen molar-refractivity contribution in [3.8, 4) is 0 Å². The van der Waals surface area contributed by atoms with E-state index in [4.69, 9.17) is 0 Å². The van der Waals surface area contributed by atoms with Crippen molar-refractivity contribution in [2.45, 2.75) is 0 Å². The van der Waals surface area contributed by atoms with Crippen LogP contribution in [0, 0.1) is 12.3 Å². The van der Waals surface area contributed by atoms with E-state index in [1.54, 1.807) is 20.0 Å². The molecular formula is C44H38AuClN8P4-2. The third kappa shape index (κ3) is 13.0. The van der Waals surface area contributed by atoms with Gasteiger partial charge in [0.2, 0.25) is 0 Å². The topological polar surface area (TPSA) is 103 Å². The van der Waals surface area contributed by atoms with Crippen LogP contribution in [0.1, 0.15) is 0 Å². The van der Waals surface area contributed by atoms with E-state index in [-0.39, 0.29) is 0 Å². The Morgan fingerprint density at radius 3 is 0.672 bits per heavy atom. The fourth-order valence-corrected chi connectivity index (χ4v) is 14.3. The molecule has 0 fully saturated rings. The zero-order valence-corrected chi connectivity index (χ0v) is 37.6. The molecule has 8 aromatic heterocycles. The third-order valence-corrected chi connectivity index (χ3v) is 17.3. The summed E-state index contributed by atoms with van der Waals surface area (Å²) in [4.78, 5) is 36.9. The van der Waals surface area contributed by atoms with Gasteiger partial charge in [-0.25, -0.2) is 0 Å². The number of hydrogen-bond donors (Lipinski definition) is 0. The molecule has 0 N–H and O–H groups in total. The quantitative estimate of drug-likeness (QED) is 0.0677. The normalized spacial score (nSPS) is 10.8. The van der Waals surface area contributed by atoms with E-state index in [0.29, 0.717) is 0 Å². The molecule has 0 amide bonds. The van der Waals surface area contributed by atoms with Gasteiger partial charge in [-0.15, -0.1) is 12.3 Å². The summed E-state index contributed by atoms with van der Waals surface area (Å²) in [5.74, 6) is 0. The number of halogens is 1. The number of hydrogen-bond acceptors (Lipinski definition) is 8. The predicted octanol–water partition coefficient (Wildman–Crippen LogP) is 6.67. The van der Waals surface area contributed by atoms with Crippen LogP contribution >= 0.6 is 40.9 Å². The van der Waals surface area contributed by atoms with Gasteiger partial charge < -0.3 is 0 Å². The molecule has 58 heavy (non-hydrogen) atoms. The van der Waals surface area contributed by atoms with Crippen LogP contribution in [0.5, 0.6) is 0 Å². The Morgan fingerprint density at radius 2 is 0.500 bits per heavy atom. The molecule has 0 aliphatic carbocycles. The van der Waals surface area contributed by atoms with Crippen LogP contribution in [0.2, 0.25) is 0 Å². The van der Waals surface area contributed by atoms with E-state index in [1.807, 2.05) is 147 Å². The van der Waals surface area contributed by atoms with Crippen molar-refractivity contribution in [3.05, 3.63) is 207 Å². The monoisotopic (exact) mass is 1030 g/mol. The number of pyridine rings is 8. The van der Waals surface area contributed by atoms with Crippen LogP contribution < -0.4 is 43.5 Å². The molecule has 0 bridgehead atoms. The molecule has 8 rings (SSSR count). The molecular weight excluding hydrogens is 997 g/mol. The Kier molecular flexibility index (Phi) is 18.6. The van der Waals surface area contributed by atoms with E-state index in [2.05, 4.69) is 110 Å². The third-order valence-electron chi connectivity index (χ3n) is 8.18. The maximum atomic E-state index is 4.62. The number of nitrogens with zero attached hydrogens (tertiary/aromatic N) is 8. The summed E-state index contributed by atoms with van der Waals surface area (Å²) in [7, 11) is 1.72. The Morgan fingerprint density at radius 1 is 0.310 bits per heavy atom. The maximum Gasteiger partial charge on any atom is 0.0666 e. The van der Waals surface area contributed by atoms with Crippen LogP contribution in [0.25, 0.3) is 0 Å². The van der Waals surface area contributed by atoms with Crippen molar-refractivity contribution in [3.63, 3.8) is 0 Å². The van der Waals surface area contributed by atoms with Gasteiger partial charge in [0.05, 0.1) is 21.7 Å². The molecule has 0 aromatic carbocycles. The van der Waals surface area contributed by atoms with Crippen molar-refractivity contribution in [1.82, 2.24) is 39.9 Å². The molecule has 294 valence electrons. The predicted molar refractivity (Wildman–Crippen MR) is 243 cm³/mol. The standard InChI is InChI=1S/2C22H19N4P2.Au.ClH/c2*1-5-13-23-19(9-1)27(20-10-2-6-14-24-20)17-18-28(21-11-3-7-15-25-21)22-12-4-8-16-26-22;;/h2*1-17H,18H2;;1H/q2*-1;+1;/p-1. The summed E-state index contributed by atoms with van der Waals surface area (Å²) in [6, 6.07) is 48.6. The van der Waals surface area contributed by atoms with E-state index in [0.717, 1.165) is 55.8 Å². The SMILES string of the molecule is [Cl][Au].c1ccc(P([CH-]CP(c2ccccn2)c2ccccn2)c2ccccn2)nc1.c1ccc(P([CH-]CP(c2ccccn2)c2ccccn2)c2ccccn2)nc1. The summed E-state index contributed by atoms with van der Waals surface area (Å²) in [6.07, 6.45) is 21.3. The van der Waals surface area contributed by atoms with Crippen LogP contribution in [-0.4, -0.2) is 52.2 Å². The molecule has 0 radical (unpaired) electrons. The first-order valence-electron chi connectivity index (χ1n) is 18.0. The molecule has 0 aliphatic rings. The largest absolute Gasteiger partial charge is 0.286 e. The summed E-state index contributed by atoms with van der Waals surface area (Å²) in [5.41, 5.74) is 8.60. The van der Waals surface area contributed by atoms with Crippen LogP contribution in [0.3, 0.4) is 0 Å². The van der Waals surface area contributed by atoms with Crippen molar-refractivity contribution in [2.75, 3.05) is 12.3 Å². The minimum absolute atomic E-state index is 0.681. The van der Waals surface area contributed by atoms with E-state index >= 15 is 0 Å². The van der Waals surface area contributed by atoms with Gasteiger partial charge in [0.1, 0.15) is 0 Å². The number of aromatic nitrogens is 8. The molecule has 0 atom stereocenters. The molecule has 8 aromatic rings. The first-order valence-corrected chi connectivity index (χ1v) is 26.6. The molecule has 0 aliphatic heterocycles. The van der Waals surface area contributed by atoms with Gasteiger partial charge >= 0.3 is 29.2 Å². The zero-order chi connectivity index (χ0) is 40.0. The summed E-state index contributed by atoms with van der Waals surface area (Å²) >= 11 is 1.75. The first kappa shape index (κ1) is 43.5. The molecule has 0 unspecified atom stereocenters. The van der Waals surface area contributed by atoms with Crippen molar-refractivity contribution in [1.29, 1.82) is 0 Å². The average Bonchev–Trinajstić information content (AvgIpc) is 3.32. The maximum absolute atomic E-state index is 4.62. The van der Waals surface area contributed by atoms with Crippen LogP contribution in [0.15, 0.2) is 195 Å². The van der Waals surface area contributed by atoms with Crippen molar-refractivity contribution < 1.29 is 20.0 Å². The van der Waals surface area contributed by atoms with Crippen molar-refractivity contribution in [2.24, 2.45) is 0 Å². The summed E-state index contributed by atoms with van der Waals surface area (Å²) in [6.45, 7) is 0. The minimum Gasteiger partial charge on any atom is -0.286 e. The second-order valence-corrected chi connectivity index (χ2v) is 20.1. The van der Waals surface area contributed by atoms with Gasteiger partial charge in [-0.2, -0.15) is 15.8 Å². The molecule has 0 saturated carbocycles. The van der Waals surface area contributed by atoms with Gasteiger partial charge in [0, 0.05) is 71.3 Å². The van der Waals surface area contributed by atoms with Crippen molar-refractivity contribution >= 4 is 84.4 Å². The Balaban J connectivity index is 0.000000188. The fourth-order valence-electron chi connectivity index (χ4n) is 5.58. The minimum atomic E-state index is -0.751. The molecule has 0 saturated heterocycles. The second-order valence-electron chi connectivity index (χ2n) is 11.8. The van der Waals surface area contributed by atoms with Crippen LogP contribution in [-0.2, 0) is 20.0 Å². The summed E-state index contributed by atoms with van der Waals surface area (Å²) in [5, 5.41) is 0. The van der Waals surface area contributed by atoms with E-state index in [1.165, 1.54) is 0 Å². The van der Waals surface area contributed by atoms with Crippen LogP contribution in [0.4, 0.5) is 0 Å². The van der Waals surface area contributed by atoms with Gasteiger partial charge in [0.25, 0.3) is 0 Å². The van der Waals surface area contributed by atoms with Gasteiger partial charge in [0.15, 0.2) is 0 Å². The fraction of sp³-hybridized carbons (Fsp3) is 0.0455. The molecule has 0 spiro atoms. The second kappa shape index (κ2) is 24.8. The van der Waals surface area contributed by atoms with Gasteiger partial charge in [-0.3, -0.25) is 52.2 Å². The Bertz CT molecular complexity index is 1800. The average molecular weight is 1040 g/mol. The summed E-state index contributed by atoms with van der Waals surface area (Å²) < 4.78 is 0. The van der Waals surface area contributed by atoms with Gasteiger partial charge in [-0.05, 0) is 113 Å². The number of rotatable bonds is 14. The van der Waals surface area contributed by atoms with Gasteiger partial charge in [-0.1, -0.05) is 48.5 Å². The smallest absolute Gasteiger partial charge is 0.0666 e. The van der Waals surface area contributed by atoms with E-state index < -0.39 is 31.7 Å². The molecule has 8 nitrogen and oxygen atoms in total. The van der Waals surface area contributed by atoms with E-state index in [9.17, 15) is 0 Å².